The van der Waals surface area contributed by atoms with Gasteiger partial charge in [-0.05, 0) is 0 Å². The monoisotopic (exact) mass is 259 g/mol. The van der Waals surface area contributed by atoms with Crippen molar-refractivity contribution in [3.63, 3.8) is 0 Å². The maximum Gasteiger partial charge on any atom is 1.00 e. The van der Waals surface area contributed by atoms with Crippen LogP contribution in [0.3, 0.4) is 0 Å². The molecule has 0 saturated carbocycles. The second-order valence-corrected chi connectivity index (χ2v) is 1.54. The molecule has 1 radical (unpaired) electrons. The maximum atomic E-state index is 8.88. The Labute approximate surface area is 96.7 Å². The van der Waals surface area contributed by atoms with Crippen LogP contribution in [0.25, 0.3) is 0 Å². The summed E-state index contributed by atoms with van der Waals surface area (Å²) < 4.78 is 8.88. The Bertz CT molecular complexity index is 66.7. The van der Waals surface area contributed by atoms with Gasteiger partial charge in [0.25, 0.3) is 0 Å². The molecule has 0 unspecified atom stereocenters. The quantitative estimate of drug-likeness (QED) is 0.301. The molecule has 0 aromatic carbocycles. The largest absolute Gasteiger partial charge is 1.00 e. The third-order valence-electron chi connectivity index (χ3n) is 0. The fourth-order valence-corrected chi connectivity index (χ4v) is 0. The molecular formula is H7AgAlNaO4P. The molecule has 8 heavy (non-hydrogen) atoms. The molecule has 0 heterocycles. The van der Waals surface area contributed by atoms with Crippen molar-refractivity contribution in [1.29, 1.82) is 0 Å². The van der Waals surface area contributed by atoms with Gasteiger partial charge in [-0.2, -0.15) is 0 Å². The van der Waals surface area contributed by atoms with Gasteiger partial charge in [0.1, 0.15) is 0 Å². The Morgan fingerprint density at radius 3 is 1.25 bits per heavy atom. The van der Waals surface area contributed by atoms with E-state index in [1.54, 1.807) is 0 Å². The second kappa shape index (κ2) is 9.38. The first kappa shape index (κ1) is 22.4. The fourth-order valence-electron chi connectivity index (χ4n) is 0. The molecule has 51 valence electrons. The van der Waals surface area contributed by atoms with E-state index in [1.165, 1.54) is 0 Å². The first-order valence-corrected chi connectivity index (χ1v) is 2.35. The van der Waals surface area contributed by atoms with Gasteiger partial charge in [0.2, 0.25) is 0 Å². The van der Waals surface area contributed by atoms with Gasteiger partial charge in [0.05, 0.1) is 0 Å². The van der Waals surface area contributed by atoms with Crippen LogP contribution < -0.4 is 29.6 Å². The molecular weight excluding hydrogens is 253 g/mol. The molecule has 0 fully saturated rings. The van der Waals surface area contributed by atoms with Crippen molar-refractivity contribution in [2.24, 2.45) is 0 Å². The Kier molecular flexibility index (Phi) is 26.3. The maximum absolute atomic E-state index is 8.88. The molecule has 0 spiro atoms. The predicted octanol–water partition coefficient (Wildman–Crippen LogP) is -5.00. The van der Waals surface area contributed by atoms with Crippen LogP contribution in [-0.2, 0) is 26.9 Å². The first-order valence-electron chi connectivity index (χ1n) is 0.783. The van der Waals surface area contributed by atoms with Crippen molar-refractivity contribution in [3.05, 3.63) is 0 Å². The molecule has 0 rings (SSSR count). The molecule has 3 N–H and O–H groups in total. The molecule has 8 heteroatoms. The molecule has 4 nitrogen and oxygen atoms in total. The summed E-state index contributed by atoms with van der Waals surface area (Å²) in [5, 5.41) is 0. The predicted molar refractivity (Wildman–Crippen MR) is 25.3 cm³/mol. The van der Waals surface area contributed by atoms with E-state index >= 15 is 0 Å². The zero-order valence-electron chi connectivity index (χ0n) is 4.50. The molecule has 0 aliphatic rings. The van der Waals surface area contributed by atoms with E-state index in [-0.39, 0.29) is 70.7 Å². The summed E-state index contributed by atoms with van der Waals surface area (Å²) in [6.45, 7) is 0. The van der Waals surface area contributed by atoms with Crippen LogP contribution in [0.4, 0.5) is 0 Å². The summed E-state index contributed by atoms with van der Waals surface area (Å²) in [5.74, 6) is 0. The zero-order chi connectivity index (χ0) is 4.50. The third kappa shape index (κ3) is 80.5. The van der Waals surface area contributed by atoms with Crippen molar-refractivity contribution in [1.82, 2.24) is 0 Å². The van der Waals surface area contributed by atoms with E-state index in [4.69, 9.17) is 19.2 Å². The number of hydrogen-bond acceptors (Lipinski definition) is 1. The van der Waals surface area contributed by atoms with E-state index in [2.05, 4.69) is 0 Å². The van der Waals surface area contributed by atoms with Crippen molar-refractivity contribution < 1.29 is 72.6 Å². The van der Waals surface area contributed by atoms with Crippen LogP contribution >= 0.6 is 7.82 Å². The molecule has 0 aliphatic heterocycles. The van der Waals surface area contributed by atoms with Crippen molar-refractivity contribution in [3.8, 4) is 0 Å². The van der Waals surface area contributed by atoms with Gasteiger partial charge < -0.3 is 16.1 Å². The first-order chi connectivity index (χ1) is 2.00. The molecule has 0 aliphatic carbocycles. The minimum absolute atomic E-state index is 0. The molecule has 0 amide bonds. The molecule has 0 saturated heterocycles. The Hall–Kier alpha value is 2.38. The summed E-state index contributed by atoms with van der Waals surface area (Å²) in [5.41, 5.74) is 0. The minimum atomic E-state index is -4.64. The van der Waals surface area contributed by atoms with Gasteiger partial charge in [-0.3, -0.25) is 0 Å². The van der Waals surface area contributed by atoms with Gasteiger partial charge in [-0.1, -0.05) is 0 Å². The van der Waals surface area contributed by atoms with Crippen molar-refractivity contribution >= 4 is 25.2 Å². The van der Waals surface area contributed by atoms with Gasteiger partial charge >= 0.3 is 37.4 Å². The molecule has 0 aromatic rings. The van der Waals surface area contributed by atoms with Gasteiger partial charge in [-0.15, -0.1) is 0 Å². The van der Waals surface area contributed by atoms with E-state index in [0.717, 1.165) is 0 Å². The molecule has 0 atom stereocenters. The van der Waals surface area contributed by atoms with E-state index < -0.39 is 7.82 Å². The van der Waals surface area contributed by atoms with Crippen LogP contribution in [0.5, 0.6) is 0 Å². The van der Waals surface area contributed by atoms with Gasteiger partial charge in [-0.25, -0.2) is 4.57 Å². The summed E-state index contributed by atoms with van der Waals surface area (Å²) >= 11 is 0. The number of phosphoric acid groups is 1. The summed E-state index contributed by atoms with van der Waals surface area (Å²) in [6.07, 6.45) is 0. The smallest absolute Gasteiger partial charge is 1.00 e. The molecule has 0 bridgehead atoms. The zero-order valence-corrected chi connectivity index (χ0v) is 7.88. The van der Waals surface area contributed by atoms with Crippen LogP contribution in [0, 0.1) is 0 Å². The van der Waals surface area contributed by atoms with E-state index in [9.17, 15) is 0 Å². The number of hydrogen-bond donors (Lipinski definition) is 3. The minimum Gasteiger partial charge on any atom is -1.00 e. The Morgan fingerprint density at radius 2 is 1.25 bits per heavy atom. The standard InChI is InChI=1S/Ag.Al.Na.H3O4P.4H/c;;;1-5(2,3)4;;;;/h;;;(H3,1,2,3,4);;;;/q;;+1;;;;;-1. The topological polar surface area (TPSA) is 77.8 Å². The fraction of sp³-hybridized carbons (Fsp3) is 0. The number of rotatable bonds is 0. The summed E-state index contributed by atoms with van der Waals surface area (Å²) in [6, 6.07) is 0. The normalized spacial score (nSPS) is 7.38. The van der Waals surface area contributed by atoms with Crippen LogP contribution in [0.1, 0.15) is 1.43 Å². The SMILES string of the molecule is O=P(O)(O)O.[Ag].[AlH3].[H-].[Na+]. The van der Waals surface area contributed by atoms with Crippen LogP contribution in [0.15, 0.2) is 0 Å². The van der Waals surface area contributed by atoms with Crippen LogP contribution in [-0.4, -0.2) is 32.0 Å². The van der Waals surface area contributed by atoms with Crippen molar-refractivity contribution in [2.45, 2.75) is 0 Å². The average Bonchev–Trinajstić information content (AvgIpc) is 0.722. The second-order valence-electron chi connectivity index (χ2n) is 0.513. The van der Waals surface area contributed by atoms with Gasteiger partial charge in [0.15, 0.2) is 17.4 Å². The van der Waals surface area contributed by atoms with Crippen molar-refractivity contribution in [2.75, 3.05) is 0 Å². The Morgan fingerprint density at radius 1 is 1.25 bits per heavy atom. The summed E-state index contributed by atoms with van der Waals surface area (Å²) in [4.78, 5) is 21.6. The van der Waals surface area contributed by atoms with Gasteiger partial charge in [0, 0.05) is 22.4 Å². The third-order valence-corrected chi connectivity index (χ3v) is 0. The Balaban J connectivity index is -0.0000000133. The van der Waals surface area contributed by atoms with E-state index in [0.29, 0.717) is 0 Å². The molecule has 0 aromatic heterocycles. The van der Waals surface area contributed by atoms with Crippen LogP contribution in [0.2, 0.25) is 0 Å². The van der Waals surface area contributed by atoms with E-state index in [1.807, 2.05) is 0 Å². The summed E-state index contributed by atoms with van der Waals surface area (Å²) in [7, 11) is -4.64. The average molecular weight is 260 g/mol.